The number of unbranched alkanes of at least 4 members (excludes halogenated alkanes) is 4. The molecular weight excluding hydrogens is 164 g/mol. The summed E-state index contributed by atoms with van der Waals surface area (Å²) in [5, 5.41) is 1.05. The van der Waals surface area contributed by atoms with E-state index in [9.17, 15) is 0 Å². The van der Waals surface area contributed by atoms with Crippen LogP contribution >= 0.6 is 11.8 Å². The van der Waals surface area contributed by atoms with Gasteiger partial charge < -0.3 is 0 Å². The largest absolute Gasteiger partial charge is 0.159 e. The molecule has 0 spiro atoms. The van der Waals surface area contributed by atoms with Crippen molar-refractivity contribution < 1.29 is 0 Å². The normalized spacial score (nSPS) is 17.8. The molecule has 0 aliphatic heterocycles. The molecule has 1 fully saturated rings. The van der Waals surface area contributed by atoms with E-state index >= 15 is 0 Å². The molecule has 0 aromatic rings. The summed E-state index contributed by atoms with van der Waals surface area (Å²) in [7, 11) is 0. The van der Waals surface area contributed by atoms with Crippen LogP contribution in [0.4, 0.5) is 0 Å². The predicted molar refractivity (Wildman–Crippen MR) is 58.9 cm³/mol. The van der Waals surface area contributed by atoms with Crippen LogP contribution in [0.2, 0.25) is 0 Å². The summed E-state index contributed by atoms with van der Waals surface area (Å²) in [5.41, 5.74) is 0. The minimum absolute atomic E-state index is 1.05. The first-order valence-electron chi connectivity index (χ1n) is 5.55. The molecule has 12 heavy (non-hydrogen) atoms. The molecule has 0 aromatic heterocycles. The molecule has 0 amide bonds. The van der Waals surface area contributed by atoms with Crippen LogP contribution in [0.3, 0.4) is 0 Å². The Balaban J connectivity index is 1.70. The molecule has 0 aromatic carbocycles. The molecule has 0 nitrogen and oxygen atoms in total. The Bertz CT molecular complexity index is 97.2. The highest BCUT2D eigenvalue weighted by Crippen LogP contribution is 2.31. The van der Waals surface area contributed by atoms with Gasteiger partial charge in [0.25, 0.3) is 0 Å². The fourth-order valence-electron chi connectivity index (χ4n) is 1.49. The quantitative estimate of drug-likeness (QED) is 0.536. The van der Waals surface area contributed by atoms with Crippen LogP contribution in [0.15, 0.2) is 0 Å². The Morgan fingerprint density at radius 3 is 2.42 bits per heavy atom. The molecule has 1 rings (SSSR count). The maximum absolute atomic E-state index is 2.28. The summed E-state index contributed by atoms with van der Waals surface area (Å²) in [4.78, 5) is 0. The zero-order chi connectivity index (χ0) is 8.65. The highest BCUT2D eigenvalue weighted by atomic mass is 32.2. The summed E-state index contributed by atoms with van der Waals surface area (Å²) in [6.07, 6.45) is 11.7. The van der Waals surface area contributed by atoms with Crippen molar-refractivity contribution >= 4 is 11.8 Å². The molecule has 0 saturated heterocycles. The van der Waals surface area contributed by atoms with Gasteiger partial charge in [0, 0.05) is 5.25 Å². The van der Waals surface area contributed by atoms with Crippen LogP contribution in [0, 0.1) is 0 Å². The smallest absolute Gasteiger partial charge is 0.00470 e. The van der Waals surface area contributed by atoms with Gasteiger partial charge in [-0.3, -0.25) is 0 Å². The zero-order valence-electron chi connectivity index (χ0n) is 8.35. The van der Waals surface area contributed by atoms with Gasteiger partial charge >= 0.3 is 0 Å². The van der Waals surface area contributed by atoms with Crippen molar-refractivity contribution in [3.8, 4) is 0 Å². The molecule has 1 heteroatoms. The first-order valence-corrected chi connectivity index (χ1v) is 6.60. The first-order chi connectivity index (χ1) is 5.93. The van der Waals surface area contributed by atoms with Gasteiger partial charge in [-0.2, -0.15) is 11.8 Å². The van der Waals surface area contributed by atoms with Crippen LogP contribution in [0.1, 0.15) is 58.3 Å². The molecular formula is C11H22S. The molecule has 0 unspecified atom stereocenters. The predicted octanol–water partition coefficient (Wildman–Crippen LogP) is 4.24. The Morgan fingerprint density at radius 2 is 1.83 bits per heavy atom. The monoisotopic (exact) mass is 186 g/mol. The third kappa shape index (κ3) is 4.39. The number of hydrogen-bond donors (Lipinski definition) is 0. The van der Waals surface area contributed by atoms with E-state index in [0.717, 1.165) is 5.25 Å². The average molecular weight is 186 g/mol. The lowest BCUT2D eigenvalue weighted by Gasteiger charge is -2.24. The van der Waals surface area contributed by atoms with Crippen LogP contribution in [-0.4, -0.2) is 11.0 Å². The van der Waals surface area contributed by atoms with E-state index in [1.807, 2.05) is 0 Å². The summed E-state index contributed by atoms with van der Waals surface area (Å²) in [6.45, 7) is 2.28. The number of rotatable bonds is 7. The molecule has 0 bridgehead atoms. The van der Waals surface area contributed by atoms with E-state index < -0.39 is 0 Å². The topological polar surface area (TPSA) is 0 Å². The van der Waals surface area contributed by atoms with E-state index in [2.05, 4.69) is 18.7 Å². The summed E-state index contributed by atoms with van der Waals surface area (Å²) >= 11 is 2.22. The Kier molecular flexibility index (Phi) is 5.93. The summed E-state index contributed by atoms with van der Waals surface area (Å²) in [5.74, 6) is 1.42. The van der Waals surface area contributed by atoms with E-state index in [1.54, 1.807) is 0 Å². The summed E-state index contributed by atoms with van der Waals surface area (Å²) in [6, 6.07) is 0. The molecule has 1 aliphatic rings. The second-order valence-corrected chi connectivity index (χ2v) is 5.25. The lowest BCUT2D eigenvalue weighted by atomic mass is 10.0. The minimum Gasteiger partial charge on any atom is -0.159 e. The van der Waals surface area contributed by atoms with E-state index in [4.69, 9.17) is 0 Å². The zero-order valence-corrected chi connectivity index (χ0v) is 9.17. The lowest BCUT2D eigenvalue weighted by Crippen LogP contribution is -2.13. The average Bonchev–Trinajstić information content (AvgIpc) is 2.00. The van der Waals surface area contributed by atoms with Gasteiger partial charge in [0.05, 0.1) is 0 Å². The van der Waals surface area contributed by atoms with Crippen molar-refractivity contribution in [2.75, 3.05) is 5.75 Å². The molecule has 0 heterocycles. The highest BCUT2D eigenvalue weighted by Gasteiger charge is 2.16. The molecule has 0 atom stereocenters. The SMILES string of the molecule is CCCCCCCSC1CCC1. The maximum Gasteiger partial charge on any atom is 0.00470 e. The Labute approximate surface area is 81.5 Å². The van der Waals surface area contributed by atoms with Crippen LogP contribution < -0.4 is 0 Å². The third-order valence-electron chi connectivity index (χ3n) is 2.65. The van der Waals surface area contributed by atoms with Gasteiger partial charge in [-0.1, -0.05) is 39.0 Å². The van der Waals surface area contributed by atoms with Gasteiger partial charge in [0.1, 0.15) is 0 Å². The molecule has 0 N–H and O–H groups in total. The lowest BCUT2D eigenvalue weighted by molar-refractivity contribution is 0.521. The van der Waals surface area contributed by atoms with Crippen molar-refractivity contribution in [3.05, 3.63) is 0 Å². The van der Waals surface area contributed by atoms with Gasteiger partial charge in [-0.25, -0.2) is 0 Å². The van der Waals surface area contributed by atoms with Crippen LogP contribution in [0.5, 0.6) is 0 Å². The van der Waals surface area contributed by atoms with Crippen molar-refractivity contribution in [2.24, 2.45) is 0 Å². The maximum atomic E-state index is 2.28. The summed E-state index contributed by atoms with van der Waals surface area (Å²) < 4.78 is 0. The van der Waals surface area contributed by atoms with Crippen molar-refractivity contribution in [2.45, 2.75) is 63.5 Å². The third-order valence-corrected chi connectivity index (χ3v) is 4.12. The fourth-order valence-corrected chi connectivity index (χ4v) is 2.86. The number of hydrogen-bond acceptors (Lipinski definition) is 1. The second kappa shape index (κ2) is 6.82. The van der Waals surface area contributed by atoms with Gasteiger partial charge in [0.2, 0.25) is 0 Å². The Morgan fingerprint density at radius 1 is 1.08 bits per heavy atom. The van der Waals surface area contributed by atoms with Crippen molar-refractivity contribution in [3.63, 3.8) is 0 Å². The first kappa shape index (κ1) is 10.4. The fraction of sp³-hybridized carbons (Fsp3) is 1.00. The molecule has 1 saturated carbocycles. The van der Waals surface area contributed by atoms with Crippen molar-refractivity contribution in [1.29, 1.82) is 0 Å². The Hall–Kier alpha value is 0.350. The van der Waals surface area contributed by atoms with Crippen LogP contribution in [0.25, 0.3) is 0 Å². The second-order valence-electron chi connectivity index (χ2n) is 3.84. The van der Waals surface area contributed by atoms with Crippen LogP contribution in [-0.2, 0) is 0 Å². The van der Waals surface area contributed by atoms with Crippen molar-refractivity contribution in [1.82, 2.24) is 0 Å². The minimum atomic E-state index is 1.05. The standard InChI is InChI=1S/C11H22S/c1-2-3-4-5-6-10-12-11-8-7-9-11/h11H,2-10H2,1H3. The van der Waals surface area contributed by atoms with E-state index in [1.165, 1.54) is 57.1 Å². The molecule has 1 aliphatic carbocycles. The molecule has 72 valence electrons. The van der Waals surface area contributed by atoms with Gasteiger partial charge in [0.15, 0.2) is 0 Å². The van der Waals surface area contributed by atoms with E-state index in [-0.39, 0.29) is 0 Å². The van der Waals surface area contributed by atoms with Gasteiger partial charge in [-0.15, -0.1) is 0 Å². The van der Waals surface area contributed by atoms with Gasteiger partial charge in [-0.05, 0) is 25.0 Å². The van der Waals surface area contributed by atoms with E-state index in [0.29, 0.717) is 0 Å². The molecule has 0 radical (unpaired) electrons. The highest BCUT2D eigenvalue weighted by molar-refractivity contribution is 7.99. The number of thioether (sulfide) groups is 1.